The number of amides is 1. The highest BCUT2D eigenvalue weighted by atomic mass is 35.5. The summed E-state index contributed by atoms with van der Waals surface area (Å²) in [5, 5.41) is 10.3. The van der Waals surface area contributed by atoms with Gasteiger partial charge in [0.15, 0.2) is 5.82 Å². The average Bonchev–Trinajstić information content (AvgIpc) is 3.38. The Kier molecular flexibility index (Phi) is 5.53. The Labute approximate surface area is 171 Å². The normalized spacial score (nSPS) is 25.5. The summed E-state index contributed by atoms with van der Waals surface area (Å²) in [4.78, 5) is 17.5. The Balaban J connectivity index is 0.00000225. The van der Waals surface area contributed by atoms with Gasteiger partial charge in [-0.3, -0.25) is 9.89 Å². The smallest absolute Gasteiger partial charge is 0.245 e. The number of carbonyl (C=O) groups is 1. The standard InChI is InChI=1S/C20H27N5O2.ClH/c1-4-27-15-11-20(21,19(15,2)3)18(26)22-14-7-5-6-13(10-14)17-23-16(24-25-17)12-8-9-12;/h5-7,10,12,15H,4,8-9,11,21H2,1-3H3,(H,22,26)(H,23,24,25);1H. The molecule has 0 bridgehead atoms. The lowest BCUT2D eigenvalue weighted by Crippen LogP contribution is -2.74. The average molecular weight is 406 g/mol. The van der Waals surface area contributed by atoms with Crippen molar-refractivity contribution in [1.29, 1.82) is 0 Å². The van der Waals surface area contributed by atoms with E-state index in [1.54, 1.807) is 0 Å². The lowest BCUT2D eigenvalue weighted by molar-refractivity contribution is -0.166. The third-order valence-electron chi connectivity index (χ3n) is 6.08. The van der Waals surface area contributed by atoms with Gasteiger partial charge < -0.3 is 15.8 Å². The maximum absolute atomic E-state index is 12.9. The maximum atomic E-state index is 12.9. The van der Waals surface area contributed by atoms with E-state index in [0.717, 1.165) is 11.4 Å². The number of nitrogens with zero attached hydrogens (tertiary/aromatic N) is 2. The van der Waals surface area contributed by atoms with E-state index < -0.39 is 11.0 Å². The zero-order valence-electron chi connectivity index (χ0n) is 16.5. The molecule has 8 heteroatoms. The van der Waals surface area contributed by atoms with Gasteiger partial charge in [-0.1, -0.05) is 26.0 Å². The first-order chi connectivity index (χ1) is 12.8. The number of ether oxygens (including phenoxy) is 1. The number of carbonyl (C=O) groups excluding carboxylic acids is 1. The number of aromatic amines is 1. The highest BCUT2D eigenvalue weighted by Gasteiger charge is 2.62. The molecule has 0 radical (unpaired) electrons. The van der Waals surface area contributed by atoms with Gasteiger partial charge in [0.25, 0.3) is 0 Å². The van der Waals surface area contributed by atoms with Crippen molar-refractivity contribution < 1.29 is 9.53 Å². The number of nitrogens with one attached hydrogen (secondary N) is 2. The first kappa shape index (κ1) is 20.8. The van der Waals surface area contributed by atoms with E-state index in [2.05, 4.69) is 20.5 Å². The number of H-pyrrole nitrogens is 1. The van der Waals surface area contributed by atoms with Crippen LogP contribution in [0.4, 0.5) is 5.69 Å². The van der Waals surface area contributed by atoms with Gasteiger partial charge in [0, 0.05) is 35.6 Å². The monoisotopic (exact) mass is 405 g/mol. The van der Waals surface area contributed by atoms with Crippen LogP contribution < -0.4 is 11.1 Å². The van der Waals surface area contributed by atoms with Crippen LogP contribution in [-0.2, 0) is 9.53 Å². The molecule has 0 aliphatic heterocycles. The Morgan fingerprint density at radius 2 is 2.14 bits per heavy atom. The topological polar surface area (TPSA) is 106 Å². The Morgan fingerprint density at radius 1 is 1.39 bits per heavy atom. The molecule has 1 aromatic heterocycles. The summed E-state index contributed by atoms with van der Waals surface area (Å²) in [7, 11) is 0. The van der Waals surface area contributed by atoms with Crippen LogP contribution in [0, 0.1) is 5.41 Å². The molecule has 2 atom stereocenters. The molecule has 152 valence electrons. The SMILES string of the molecule is CCOC1CC(N)(C(=O)Nc2cccc(-c3n[nH]c(C4CC4)n3)c2)C1(C)C.Cl. The second-order valence-corrected chi connectivity index (χ2v) is 8.19. The zero-order chi connectivity index (χ0) is 19.2. The summed E-state index contributed by atoms with van der Waals surface area (Å²) in [5.74, 6) is 1.93. The molecular weight excluding hydrogens is 378 g/mol. The first-order valence-corrected chi connectivity index (χ1v) is 9.60. The summed E-state index contributed by atoms with van der Waals surface area (Å²) in [6.07, 6.45) is 2.85. The van der Waals surface area contributed by atoms with Crippen LogP contribution in [0.3, 0.4) is 0 Å². The fourth-order valence-electron chi connectivity index (χ4n) is 3.74. The molecule has 28 heavy (non-hydrogen) atoms. The van der Waals surface area contributed by atoms with Gasteiger partial charge in [-0.05, 0) is 31.9 Å². The number of nitrogens with two attached hydrogens (primary N) is 1. The number of anilines is 1. The van der Waals surface area contributed by atoms with Gasteiger partial charge in [-0.2, -0.15) is 5.10 Å². The highest BCUT2D eigenvalue weighted by molar-refractivity contribution is 6.00. The molecule has 2 saturated carbocycles. The number of rotatable bonds is 6. The van der Waals surface area contributed by atoms with E-state index in [-0.39, 0.29) is 24.4 Å². The lowest BCUT2D eigenvalue weighted by atomic mass is 9.54. The van der Waals surface area contributed by atoms with E-state index in [0.29, 0.717) is 30.5 Å². The molecular formula is C20H28ClN5O2. The van der Waals surface area contributed by atoms with Crippen molar-refractivity contribution in [2.45, 2.75) is 57.6 Å². The van der Waals surface area contributed by atoms with Gasteiger partial charge in [0.05, 0.1) is 6.10 Å². The summed E-state index contributed by atoms with van der Waals surface area (Å²) in [5.41, 5.74) is 6.64. The second kappa shape index (κ2) is 7.46. The third kappa shape index (κ3) is 3.43. The molecule has 4 N–H and O–H groups in total. The minimum absolute atomic E-state index is 0. The molecule has 7 nitrogen and oxygen atoms in total. The van der Waals surface area contributed by atoms with Crippen molar-refractivity contribution in [3.05, 3.63) is 30.1 Å². The minimum atomic E-state index is -0.952. The van der Waals surface area contributed by atoms with Crippen LogP contribution in [0.2, 0.25) is 0 Å². The van der Waals surface area contributed by atoms with Gasteiger partial charge in [-0.15, -0.1) is 12.4 Å². The summed E-state index contributed by atoms with van der Waals surface area (Å²) in [6, 6.07) is 7.56. The first-order valence-electron chi connectivity index (χ1n) is 9.60. The van der Waals surface area contributed by atoms with Gasteiger partial charge in [0.2, 0.25) is 5.91 Å². The number of aromatic nitrogens is 3. The lowest BCUT2D eigenvalue weighted by Gasteiger charge is -2.57. The molecule has 2 fully saturated rings. The summed E-state index contributed by atoms with van der Waals surface area (Å²) >= 11 is 0. The second-order valence-electron chi connectivity index (χ2n) is 8.19. The molecule has 2 aliphatic carbocycles. The van der Waals surface area contributed by atoms with Gasteiger partial charge in [0.1, 0.15) is 11.4 Å². The molecule has 1 heterocycles. The van der Waals surface area contributed by atoms with E-state index in [1.807, 2.05) is 45.0 Å². The van der Waals surface area contributed by atoms with Crippen molar-refractivity contribution >= 4 is 24.0 Å². The molecule has 0 spiro atoms. The highest BCUT2D eigenvalue weighted by Crippen LogP contribution is 2.50. The Hall–Kier alpha value is -1.96. The van der Waals surface area contributed by atoms with Crippen molar-refractivity contribution in [1.82, 2.24) is 15.2 Å². The fourth-order valence-corrected chi connectivity index (χ4v) is 3.74. The van der Waals surface area contributed by atoms with Gasteiger partial charge >= 0.3 is 0 Å². The summed E-state index contributed by atoms with van der Waals surface area (Å²) in [6.45, 7) is 6.54. The molecule has 2 aromatic rings. The third-order valence-corrected chi connectivity index (χ3v) is 6.08. The number of halogens is 1. The zero-order valence-corrected chi connectivity index (χ0v) is 17.3. The van der Waals surface area contributed by atoms with Crippen molar-refractivity contribution in [3.8, 4) is 11.4 Å². The number of hydrogen-bond donors (Lipinski definition) is 3. The fraction of sp³-hybridized carbons (Fsp3) is 0.550. The molecule has 2 unspecified atom stereocenters. The molecule has 1 aromatic carbocycles. The Bertz CT molecular complexity index is 864. The quantitative estimate of drug-likeness (QED) is 0.684. The molecule has 1 amide bonds. The van der Waals surface area contributed by atoms with Crippen molar-refractivity contribution in [2.24, 2.45) is 11.1 Å². The van der Waals surface area contributed by atoms with E-state index in [4.69, 9.17) is 10.5 Å². The van der Waals surface area contributed by atoms with Crippen LogP contribution in [0.1, 0.15) is 51.8 Å². The van der Waals surface area contributed by atoms with Crippen LogP contribution in [-0.4, -0.2) is 39.3 Å². The van der Waals surface area contributed by atoms with E-state index >= 15 is 0 Å². The number of benzene rings is 1. The van der Waals surface area contributed by atoms with Crippen LogP contribution in [0.5, 0.6) is 0 Å². The van der Waals surface area contributed by atoms with E-state index in [1.165, 1.54) is 12.8 Å². The molecule has 0 saturated heterocycles. The predicted molar refractivity (Wildman–Crippen MR) is 110 cm³/mol. The molecule has 4 rings (SSSR count). The van der Waals surface area contributed by atoms with Crippen molar-refractivity contribution in [3.63, 3.8) is 0 Å². The number of hydrogen-bond acceptors (Lipinski definition) is 5. The minimum Gasteiger partial charge on any atom is -0.378 e. The van der Waals surface area contributed by atoms with Crippen molar-refractivity contribution in [2.75, 3.05) is 11.9 Å². The predicted octanol–water partition coefficient (Wildman–Crippen LogP) is 3.24. The maximum Gasteiger partial charge on any atom is 0.245 e. The van der Waals surface area contributed by atoms with Crippen LogP contribution in [0.25, 0.3) is 11.4 Å². The van der Waals surface area contributed by atoms with E-state index in [9.17, 15) is 4.79 Å². The van der Waals surface area contributed by atoms with Crippen LogP contribution >= 0.6 is 12.4 Å². The Morgan fingerprint density at radius 3 is 2.79 bits per heavy atom. The summed E-state index contributed by atoms with van der Waals surface area (Å²) < 4.78 is 5.71. The molecule has 2 aliphatic rings. The van der Waals surface area contributed by atoms with Gasteiger partial charge in [-0.25, -0.2) is 4.98 Å². The largest absolute Gasteiger partial charge is 0.378 e. The van der Waals surface area contributed by atoms with Crippen LogP contribution in [0.15, 0.2) is 24.3 Å².